The fraction of sp³-hybridized carbons (Fsp3) is 0.357. The van der Waals surface area contributed by atoms with Crippen molar-refractivity contribution >= 4 is 5.97 Å². The lowest BCUT2D eigenvalue weighted by Crippen LogP contribution is -2.14. The highest BCUT2D eigenvalue weighted by Gasteiger charge is 2.16. The molecule has 0 unspecified atom stereocenters. The van der Waals surface area contributed by atoms with Gasteiger partial charge in [0.2, 0.25) is 0 Å². The van der Waals surface area contributed by atoms with Gasteiger partial charge in [0, 0.05) is 13.2 Å². The molecule has 0 amide bonds. The summed E-state index contributed by atoms with van der Waals surface area (Å²) in [5, 5.41) is 15.8. The molecule has 110 valence electrons. The van der Waals surface area contributed by atoms with Crippen LogP contribution in [0.4, 0.5) is 0 Å². The number of carboxylic acid groups (broad SMARTS) is 1. The molecule has 1 N–H and O–H groups in total. The van der Waals surface area contributed by atoms with E-state index in [0.717, 1.165) is 30.9 Å². The van der Waals surface area contributed by atoms with Crippen molar-refractivity contribution in [3.8, 4) is 5.75 Å². The molecule has 1 aliphatic heterocycles. The Morgan fingerprint density at radius 3 is 2.62 bits per heavy atom. The molecule has 0 atom stereocenters. The van der Waals surface area contributed by atoms with Crippen molar-refractivity contribution in [2.24, 2.45) is 0 Å². The van der Waals surface area contributed by atoms with Gasteiger partial charge in [0.1, 0.15) is 6.20 Å². The van der Waals surface area contributed by atoms with Gasteiger partial charge in [0.25, 0.3) is 0 Å². The lowest BCUT2D eigenvalue weighted by molar-refractivity contribution is 0.0689. The lowest BCUT2D eigenvalue weighted by atomic mass is 9.92. The van der Waals surface area contributed by atoms with E-state index >= 15 is 0 Å². The maximum atomic E-state index is 10.7. The van der Waals surface area contributed by atoms with Gasteiger partial charge in [-0.05, 0) is 41.7 Å². The molecule has 7 heteroatoms. The van der Waals surface area contributed by atoms with Crippen LogP contribution in [0.5, 0.6) is 5.75 Å². The number of hydrogen-bond donors (Lipinski definition) is 1. The molecule has 1 fully saturated rings. The quantitative estimate of drug-likeness (QED) is 0.922. The molecule has 21 heavy (non-hydrogen) atoms. The Balaban J connectivity index is 1.67. The average Bonchev–Trinajstić information content (AvgIpc) is 2.98. The summed E-state index contributed by atoms with van der Waals surface area (Å²) in [5.41, 5.74) is 1.10. The predicted octanol–water partition coefficient (Wildman–Crippen LogP) is 1.71. The largest absolute Gasteiger partial charge is 0.476 e. The fourth-order valence-electron chi connectivity index (χ4n) is 2.33. The first-order valence-corrected chi connectivity index (χ1v) is 6.74. The molecule has 1 aliphatic rings. The second-order valence-electron chi connectivity index (χ2n) is 4.86. The van der Waals surface area contributed by atoms with Gasteiger partial charge in [-0.3, -0.25) is 0 Å². The molecule has 0 bridgehead atoms. The summed E-state index contributed by atoms with van der Waals surface area (Å²) in [6, 6.07) is 7.71. The number of aromatic carboxylic acids is 1. The second-order valence-corrected chi connectivity index (χ2v) is 4.86. The third-order valence-electron chi connectivity index (χ3n) is 3.46. The van der Waals surface area contributed by atoms with Crippen LogP contribution >= 0.6 is 0 Å². The van der Waals surface area contributed by atoms with Crippen molar-refractivity contribution < 1.29 is 19.5 Å². The van der Waals surface area contributed by atoms with Gasteiger partial charge in [-0.1, -0.05) is 17.0 Å². The van der Waals surface area contributed by atoms with Gasteiger partial charge in [-0.2, -0.15) is 0 Å². The third kappa shape index (κ3) is 3.19. The van der Waals surface area contributed by atoms with Gasteiger partial charge in [-0.25, -0.2) is 4.79 Å². The molecule has 2 heterocycles. The van der Waals surface area contributed by atoms with E-state index in [1.807, 2.05) is 24.3 Å². The molecule has 3 rings (SSSR count). The van der Waals surface area contributed by atoms with Gasteiger partial charge >= 0.3 is 5.97 Å². The smallest absolute Gasteiger partial charge is 0.358 e. The van der Waals surface area contributed by atoms with Crippen molar-refractivity contribution in [3.63, 3.8) is 0 Å². The summed E-state index contributed by atoms with van der Waals surface area (Å²) in [4.78, 5) is 17.1. The number of benzene rings is 1. The van der Waals surface area contributed by atoms with Gasteiger partial charge in [0.05, 0.1) is 0 Å². The van der Waals surface area contributed by atoms with Crippen LogP contribution in [0.25, 0.3) is 0 Å². The molecular formula is C14H15N3O4. The van der Waals surface area contributed by atoms with E-state index in [1.54, 1.807) is 0 Å². The van der Waals surface area contributed by atoms with Crippen LogP contribution in [0.2, 0.25) is 0 Å². The number of nitrogens with zero attached hydrogens (tertiary/aromatic N) is 3. The molecular weight excluding hydrogens is 274 g/mol. The molecule has 0 aliphatic carbocycles. The monoisotopic (exact) mass is 289 g/mol. The van der Waals surface area contributed by atoms with E-state index in [2.05, 4.69) is 10.3 Å². The minimum Gasteiger partial charge on any atom is -0.476 e. The molecule has 7 nitrogen and oxygen atoms in total. The number of aromatic nitrogens is 3. The van der Waals surface area contributed by atoms with E-state index in [-0.39, 0.29) is 5.69 Å². The van der Waals surface area contributed by atoms with Crippen LogP contribution in [0.15, 0.2) is 30.5 Å². The molecule has 1 aromatic carbocycles. The van der Waals surface area contributed by atoms with Gasteiger partial charge < -0.3 is 14.7 Å². The van der Waals surface area contributed by atoms with Crippen molar-refractivity contribution in [2.45, 2.75) is 18.8 Å². The summed E-state index contributed by atoms with van der Waals surface area (Å²) in [6.07, 6.45) is 3.28. The van der Waals surface area contributed by atoms with E-state index in [4.69, 9.17) is 14.7 Å². The predicted molar refractivity (Wildman–Crippen MR) is 72.2 cm³/mol. The molecule has 0 spiro atoms. The molecule has 1 aromatic heterocycles. The number of ether oxygens (including phenoxy) is 1. The Morgan fingerprint density at radius 2 is 2.00 bits per heavy atom. The van der Waals surface area contributed by atoms with Gasteiger partial charge in [-0.15, -0.1) is 5.10 Å². The van der Waals surface area contributed by atoms with Crippen molar-refractivity contribution in [1.82, 2.24) is 15.2 Å². The minimum atomic E-state index is -1.14. The zero-order valence-electron chi connectivity index (χ0n) is 11.3. The number of carbonyl (C=O) groups is 1. The first-order valence-electron chi connectivity index (χ1n) is 6.74. The van der Waals surface area contributed by atoms with E-state index < -0.39 is 5.97 Å². The zero-order valence-corrected chi connectivity index (χ0v) is 11.3. The number of carboxylic acids is 1. The van der Waals surface area contributed by atoms with Crippen molar-refractivity contribution in [3.05, 3.63) is 41.7 Å². The van der Waals surface area contributed by atoms with E-state index in [1.165, 1.54) is 11.8 Å². The van der Waals surface area contributed by atoms with Crippen LogP contribution < -0.4 is 4.84 Å². The van der Waals surface area contributed by atoms with Crippen LogP contribution in [0, 0.1) is 0 Å². The first kappa shape index (κ1) is 13.6. The van der Waals surface area contributed by atoms with Crippen LogP contribution in [0.3, 0.4) is 0 Å². The highest BCUT2D eigenvalue weighted by molar-refractivity contribution is 5.84. The average molecular weight is 289 g/mol. The Labute approximate surface area is 121 Å². The van der Waals surface area contributed by atoms with E-state index in [9.17, 15) is 4.79 Å². The Kier molecular flexibility index (Phi) is 3.83. The molecule has 0 saturated carbocycles. The fourth-order valence-corrected chi connectivity index (χ4v) is 2.33. The summed E-state index contributed by atoms with van der Waals surface area (Å²) in [6.45, 7) is 1.61. The number of hydrogen-bond acceptors (Lipinski definition) is 5. The SMILES string of the molecule is O=C(O)c1cn(Oc2ccc(C3CCOCC3)cc2)nn1. The highest BCUT2D eigenvalue weighted by Crippen LogP contribution is 2.28. The standard InChI is InChI=1S/C14H15N3O4/c18-14(19)13-9-17(16-15-13)21-12-3-1-10(2-4-12)11-5-7-20-8-6-11/h1-4,9,11H,5-8H2,(H,18,19). The second kappa shape index (κ2) is 5.92. The zero-order chi connectivity index (χ0) is 14.7. The van der Waals surface area contributed by atoms with Crippen LogP contribution in [-0.4, -0.2) is 39.4 Å². The topological polar surface area (TPSA) is 86.5 Å². The normalized spacial score (nSPS) is 15.8. The van der Waals surface area contributed by atoms with Crippen LogP contribution in [0.1, 0.15) is 34.8 Å². The molecule has 1 saturated heterocycles. The summed E-state index contributed by atoms with van der Waals surface area (Å²) in [7, 11) is 0. The Morgan fingerprint density at radius 1 is 1.29 bits per heavy atom. The van der Waals surface area contributed by atoms with Crippen LogP contribution in [-0.2, 0) is 4.74 Å². The maximum Gasteiger partial charge on any atom is 0.358 e. The maximum absolute atomic E-state index is 10.7. The highest BCUT2D eigenvalue weighted by atomic mass is 16.7. The van der Waals surface area contributed by atoms with Crippen molar-refractivity contribution in [2.75, 3.05) is 13.2 Å². The summed E-state index contributed by atoms with van der Waals surface area (Å²) < 4.78 is 5.35. The lowest BCUT2D eigenvalue weighted by Gasteiger charge is -2.22. The summed E-state index contributed by atoms with van der Waals surface area (Å²) >= 11 is 0. The van der Waals surface area contributed by atoms with E-state index in [0.29, 0.717) is 11.7 Å². The summed E-state index contributed by atoms with van der Waals surface area (Å²) in [5.74, 6) is -0.0369. The Hall–Kier alpha value is -2.41. The molecule has 2 aromatic rings. The minimum absolute atomic E-state index is 0.158. The number of rotatable bonds is 4. The third-order valence-corrected chi connectivity index (χ3v) is 3.46. The molecule has 0 radical (unpaired) electrons. The first-order chi connectivity index (χ1) is 10.2. The Bertz CT molecular complexity index is 617. The van der Waals surface area contributed by atoms with Gasteiger partial charge in [0.15, 0.2) is 11.4 Å². The van der Waals surface area contributed by atoms with Crippen molar-refractivity contribution in [1.29, 1.82) is 0 Å².